The average Bonchev–Trinajstić information content (AvgIpc) is 3.43. The van der Waals surface area contributed by atoms with Crippen LogP contribution in [0.1, 0.15) is 42.1 Å². The second kappa shape index (κ2) is 9.36. The van der Waals surface area contributed by atoms with E-state index in [2.05, 4.69) is 32.3 Å². The largest absolute Gasteiger partial charge is 0.496 e. The quantitative estimate of drug-likeness (QED) is 0.579. The number of anilines is 2. The number of nitrogens with one attached hydrogen (secondary N) is 1. The maximum absolute atomic E-state index is 5.58. The monoisotopic (exact) mass is 426 g/mol. The van der Waals surface area contributed by atoms with Crippen LogP contribution in [-0.4, -0.2) is 45.8 Å². The number of aryl methyl sites for hydroxylation is 1. The van der Waals surface area contributed by atoms with Crippen LogP contribution in [0.4, 0.5) is 10.9 Å². The minimum absolute atomic E-state index is 0.189. The topological polar surface area (TPSA) is 85.3 Å². The van der Waals surface area contributed by atoms with E-state index in [9.17, 15) is 0 Å². The van der Waals surface area contributed by atoms with Gasteiger partial charge in [-0.25, -0.2) is 4.98 Å². The standard InChI is InChI=1S/C21H26N6O2S/c1-4-20-25-26-21(30-20)24-19-12-22-11-15(23-19)16-7-6-10-27(16)13-14-17(28-2)8-5-9-18(14)29-3/h5,8-9,11-12,16H,4,6-7,10,13H2,1-3H3,(H,23,24,26)/t16-/m0/s1. The van der Waals surface area contributed by atoms with Gasteiger partial charge in [0.15, 0.2) is 5.82 Å². The van der Waals surface area contributed by atoms with Gasteiger partial charge in [0.05, 0.1) is 43.9 Å². The van der Waals surface area contributed by atoms with Gasteiger partial charge < -0.3 is 14.8 Å². The summed E-state index contributed by atoms with van der Waals surface area (Å²) in [5.41, 5.74) is 2.00. The van der Waals surface area contributed by atoms with Gasteiger partial charge >= 0.3 is 0 Å². The first-order chi connectivity index (χ1) is 14.7. The Labute approximate surface area is 180 Å². The number of hydrogen-bond donors (Lipinski definition) is 1. The molecule has 0 radical (unpaired) electrons. The van der Waals surface area contributed by atoms with E-state index < -0.39 is 0 Å². The highest BCUT2D eigenvalue weighted by Crippen LogP contribution is 2.37. The fraction of sp³-hybridized carbons (Fsp3) is 0.429. The third kappa shape index (κ3) is 4.36. The van der Waals surface area contributed by atoms with Gasteiger partial charge in [-0.2, -0.15) is 0 Å². The van der Waals surface area contributed by atoms with E-state index in [0.29, 0.717) is 5.82 Å². The van der Waals surface area contributed by atoms with Crippen molar-refractivity contribution >= 4 is 22.3 Å². The van der Waals surface area contributed by atoms with Crippen LogP contribution in [0, 0.1) is 0 Å². The molecule has 1 aliphatic heterocycles. The summed E-state index contributed by atoms with van der Waals surface area (Å²) < 4.78 is 11.2. The van der Waals surface area contributed by atoms with E-state index in [1.807, 2.05) is 24.4 Å². The van der Waals surface area contributed by atoms with E-state index in [0.717, 1.165) is 65.2 Å². The highest BCUT2D eigenvalue weighted by molar-refractivity contribution is 7.15. The fourth-order valence-corrected chi connectivity index (χ4v) is 4.48. The molecule has 3 heterocycles. The molecule has 4 rings (SSSR count). The predicted molar refractivity (Wildman–Crippen MR) is 117 cm³/mol. The Hall–Kier alpha value is -2.78. The fourth-order valence-electron chi connectivity index (χ4n) is 3.80. The van der Waals surface area contributed by atoms with E-state index in [-0.39, 0.29) is 6.04 Å². The first kappa shape index (κ1) is 20.5. The molecule has 8 nitrogen and oxygen atoms in total. The molecule has 1 fully saturated rings. The van der Waals surface area contributed by atoms with Gasteiger partial charge in [0.2, 0.25) is 5.13 Å². The first-order valence-corrected chi connectivity index (χ1v) is 10.9. The van der Waals surface area contributed by atoms with Crippen LogP contribution in [0.2, 0.25) is 0 Å². The van der Waals surface area contributed by atoms with Gasteiger partial charge in [0, 0.05) is 6.54 Å². The number of likely N-dealkylation sites (tertiary alicyclic amines) is 1. The summed E-state index contributed by atoms with van der Waals surface area (Å²) in [4.78, 5) is 11.7. The Bertz CT molecular complexity index is 973. The lowest BCUT2D eigenvalue weighted by molar-refractivity contribution is 0.236. The Morgan fingerprint density at radius 3 is 2.67 bits per heavy atom. The van der Waals surface area contributed by atoms with Crippen LogP contribution < -0.4 is 14.8 Å². The highest BCUT2D eigenvalue weighted by Gasteiger charge is 2.29. The van der Waals surface area contributed by atoms with Crippen molar-refractivity contribution in [2.45, 2.75) is 38.8 Å². The molecule has 1 N–H and O–H groups in total. The summed E-state index contributed by atoms with van der Waals surface area (Å²) in [6, 6.07) is 6.08. The van der Waals surface area contributed by atoms with Crippen LogP contribution >= 0.6 is 11.3 Å². The number of nitrogens with zero attached hydrogens (tertiary/aromatic N) is 5. The molecule has 3 aromatic rings. The van der Waals surface area contributed by atoms with Crippen molar-refractivity contribution in [1.29, 1.82) is 0 Å². The van der Waals surface area contributed by atoms with Crippen molar-refractivity contribution in [3.63, 3.8) is 0 Å². The van der Waals surface area contributed by atoms with Crippen molar-refractivity contribution < 1.29 is 9.47 Å². The number of benzene rings is 1. The SMILES string of the molecule is CCc1nnc(Nc2cncc([C@@H]3CCCN3Cc3c(OC)cccc3OC)n2)s1. The van der Waals surface area contributed by atoms with Crippen LogP contribution in [-0.2, 0) is 13.0 Å². The van der Waals surface area contributed by atoms with E-state index in [1.54, 1.807) is 20.4 Å². The molecule has 0 spiro atoms. The summed E-state index contributed by atoms with van der Waals surface area (Å²) in [5, 5.41) is 13.3. The molecule has 0 bridgehead atoms. The lowest BCUT2D eigenvalue weighted by Gasteiger charge is -2.25. The Morgan fingerprint density at radius 2 is 1.97 bits per heavy atom. The molecule has 30 heavy (non-hydrogen) atoms. The molecule has 0 aliphatic carbocycles. The Kier molecular flexibility index (Phi) is 6.39. The minimum atomic E-state index is 0.189. The van der Waals surface area contributed by atoms with Crippen molar-refractivity contribution in [1.82, 2.24) is 25.1 Å². The summed E-state index contributed by atoms with van der Waals surface area (Å²) in [6.45, 7) is 3.78. The van der Waals surface area contributed by atoms with Crippen LogP contribution in [0.15, 0.2) is 30.6 Å². The molecule has 2 aromatic heterocycles. The molecule has 158 valence electrons. The maximum Gasteiger partial charge on any atom is 0.211 e. The molecule has 0 saturated carbocycles. The third-order valence-electron chi connectivity index (χ3n) is 5.25. The molecule has 0 amide bonds. The normalized spacial score (nSPS) is 16.6. The number of methoxy groups -OCH3 is 2. The summed E-state index contributed by atoms with van der Waals surface area (Å²) >= 11 is 1.54. The maximum atomic E-state index is 5.58. The van der Waals surface area contributed by atoms with Crippen molar-refractivity contribution in [2.75, 3.05) is 26.1 Å². The molecule has 0 unspecified atom stereocenters. The number of hydrogen-bond acceptors (Lipinski definition) is 9. The smallest absolute Gasteiger partial charge is 0.211 e. The molecular weight excluding hydrogens is 400 g/mol. The minimum Gasteiger partial charge on any atom is -0.496 e. The predicted octanol–water partition coefficient (Wildman–Crippen LogP) is 3.99. The molecule has 1 aliphatic rings. The molecular formula is C21H26N6O2S. The summed E-state index contributed by atoms with van der Waals surface area (Å²) in [6.07, 6.45) is 6.59. The Balaban J connectivity index is 1.54. The van der Waals surface area contributed by atoms with Gasteiger partial charge in [-0.05, 0) is 37.9 Å². The number of aromatic nitrogens is 4. The third-order valence-corrected chi connectivity index (χ3v) is 6.24. The van der Waals surface area contributed by atoms with Gasteiger partial charge in [-0.1, -0.05) is 24.3 Å². The van der Waals surface area contributed by atoms with Gasteiger partial charge in [0.25, 0.3) is 0 Å². The summed E-state index contributed by atoms with van der Waals surface area (Å²) in [7, 11) is 3.38. The zero-order valence-electron chi connectivity index (χ0n) is 17.5. The number of rotatable bonds is 8. The van der Waals surface area contributed by atoms with Gasteiger partial charge in [0.1, 0.15) is 16.5 Å². The highest BCUT2D eigenvalue weighted by atomic mass is 32.1. The number of ether oxygens (including phenoxy) is 2. The summed E-state index contributed by atoms with van der Waals surface area (Å²) in [5.74, 6) is 2.36. The van der Waals surface area contributed by atoms with E-state index >= 15 is 0 Å². The van der Waals surface area contributed by atoms with Gasteiger partial charge in [-0.3, -0.25) is 9.88 Å². The van der Waals surface area contributed by atoms with E-state index in [1.165, 1.54) is 11.3 Å². The van der Waals surface area contributed by atoms with Crippen LogP contribution in [0.5, 0.6) is 11.5 Å². The Morgan fingerprint density at radius 1 is 1.17 bits per heavy atom. The second-order valence-electron chi connectivity index (χ2n) is 7.08. The van der Waals surface area contributed by atoms with Gasteiger partial charge in [-0.15, -0.1) is 10.2 Å². The lowest BCUT2D eigenvalue weighted by Crippen LogP contribution is -2.24. The second-order valence-corrected chi connectivity index (χ2v) is 8.14. The molecule has 1 atom stereocenters. The first-order valence-electron chi connectivity index (χ1n) is 10.1. The van der Waals surface area contributed by atoms with Crippen LogP contribution in [0.25, 0.3) is 0 Å². The average molecular weight is 427 g/mol. The van der Waals surface area contributed by atoms with E-state index in [4.69, 9.17) is 14.5 Å². The molecule has 1 saturated heterocycles. The zero-order chi connectivity index (χ0) is 20.9. The molecule has 1 aromatic carbocycles. The lowest BCUT2D eigenvalue weighted by atomic mass is 10.1. The van der Waals surface area contributed by atoms with Crippen molar-refractivity contribution in [2.24, 2.45) is 0 Å². The van der Waals surface area contributed by atoms with Crippen LogP contribution in [0.3, 0.4) is 0 Å². The van der Waals surface area contributed by atoms with Crippen molar-refractivity contribution in [3.8, 4) is 11.5 Å². The van der Waals surface area contributed by atoms with Crippen molar-refractivity contribution in [3.05, 3.63) is 46.9 Å². The zero-order valence-corrected chi connectivity index (χ0v) is 18.3. The molecule has 9 heteroatoms.